The SMILES string of the molecule is COc1ccc(C(O)CC2CCCC2)c(C)c1. The molecule has 1 aliphatic rings. The van der Waals surface area contributed by atoms with Gasteiger partial charge in [0.05, 0.1) is 13.2 Å². The molecule has 94 valence electrons. The summed E-state index contributed by atoms with van der Waals surface area (Å²) in [6.07, 6.45) is 5.83. The largest absolute Gasteiger partial charge is 0.497 e. The minimum atomic E-state index is -0.316. The van der Waals surface area contributed by atoms with Crippen LogP contribution in [0.25, 0.3) is 0 Å². The first-order chi connectivity index (χ1) is 8.20. The van der Waals surface area contributed by atoms with Crippen molar-refractivity contribution < 1.29 is 9.84 Å². The van der Waals surface area contributed by atoms with Gasteiger partial charge in [0.2, 0.25) is 0 Å². The van der Waals surface area contributed by atoms with Crippen LogP contribution in [0.4, 0.5) is 0 Å². The van der Waals surface area contributed by atoms with E-state index in [2.05, 4.69) is 0 Å². The van der Waals surface area contributed by atoms with Crippen molar-refractivity contribution in [3.63, 3.8) is 0 Å². The van der Waals surface area contributed by atoms with Crippen molar-refractivity contribution in [2.24, 2.45) is 5.92 Å². The molecule has 1 aromatic carbocycles. The van der Waals surface area contributed by atoms with E-state index in [-0.39, 0.29) is 6.10 Å². The molecular formula is C15H22O2. The number of ether oxygens (including phenoxy) is 1. The lowest BCUT2D eigenvalue weighted by Gasteiger charge is -2.18. The van der Waals surface area contributed by atoms with Crippen LogP contribution < -0.4 is 4.74 Å². The predicted molar refractivity (Wildman–Crippen MR) is 69.3 cm³/mol. The van der Waals surface area contributed by atoms with Gasteiger partial charge in [0, 0.05) is 0 Å². The highest BCUT2D eigenvalue weighted by Gasteiger charge is 2.20. The van der Waals surface area contributed by atoms with E-state index in [4.69, 9.17) is 4.74 Å². The molecule has 1 aromatic rings. The number of aryl methyl sites for hydroxylation is 1. The van der Waals surface area contributed by atoms with Gasteiger partial charge in [0.15, 0.2) is 0 Å². The zero-order valence-electron chi connectivity index (χ0n) is 10.8. The molecule has 0 spiro atoms. The Hall–Kier alpha value is -1.02. The van der Waals surface area contributed by atoms with Crippen LogP contribution in [0.15, 0.2) is 18.2 Å². The molecule has 0 radical (unpaired) electrons. The van der Waals surface area contributed by atoms with Gasteiger partial charge < -0.3 is 9.84 Å². The molecule has 1 N–H and O–H groups in total. The smallest absolute Gasteiger partial charge is 0.119 e. The van der Waals surface area contributed by atoms with E-state index in [0.29, 0.717) is 5.92 Å². The second-order valence-corrected chi connectivity index (χ2v) is 5.12. The zero-order chi connectivity index (χ0) is 12.3. The number of rotatable bonds is 4. The van der Waals surface area contributed by atoms with Crippen LogP contribution in [0, 0.1) is 12.8 Å². The molecule has 17 heavy (non-hydrogen) atoms. The molecule has 1 atom stereocenters. The van der Waals surface area contributed by atoms with E-state index in [9.17, 15) is 5.11 Å². The summed E-state index contributed by atoms with van der Waals surface area (Å²) in [5.41, 5.74) is 2.17. The quantitative estimate of drug-likeness (QED) is 0.862. The molecule has 0 heterocycles. The van der Waals surface area contributed by atoms with Gasteiger partial charge in [-0.25, -0.2) is 0 Å². The first kappa shape index (κ1) is 12.4. The lowest BCUT2D eigenvalue weighted by Crippen LogP contribution is -2.06. The molecule has 2 heteroatoms. The first-order valence-corrected chi connectivity index (χ1v) is 6.53. The van der Waals surface area contributed by atoms with Crippen LogP contribution in [0.5, 0.6) is 5.75 Å². The van der Waals surface area contributed by atoms with Crippen LogP contribution in [0.1, 0.15) is 49.3 Å². The lowest BCUT2D eigenvalue weighted by molar-refractivity contribution is 0.144. The Morgan fingerprint density at radius 1 is 1.35 bits per heavy atom. The maximum Gasteiger partial charge on any atom is 0.119 e. The van der Waals surface area contributed by atoms with Gasteiger partial charge in [0.25, 0.3) is 0 Å². The fourth-order valence-corrected chi connectivity index (χ4v) is 2.84. The molecule has 1 fully saturated rings. The Balaban J connectivity index is 2.04. The molecule has 0 bridgehead atoms. The zero-order valence-corrected chi connectivity index (χ0v) is 10.8. The standard InChI is InChI=1S/C15H22O2/c1-11-9-13(17-2)7-8-14(11)15(16)10-12-5-3-4-6-12/h7-9,12,15-16H,3-6,10H2,1-2H3. The third-order valence-corrected chi connectivity index (χ3v) is 3.87. The number of hydrogen-bond donors (Lipinski definition) is 1. The van der Waals surface area contributed by atoms with Gasteiger partial charge in [-0.05, 0) is 42.5 Å². The Kier molecular flexibility index (Phi) is 4.06. The van der Waals surface area contributed by atoms with Crippen LogP contribution >= 0.6 is 0 Å². The van der Waals surface area contributed by atoms with Crippen molar-refractivity contribution in [1.82, 2.24) is 0 Å². The van der Waals surface area contributed by atoms with Crippen molar-refractivity contribution in [3.8, 4) is 5.75 Å². The highest BCUT2D eigenvalue weighted by atomic mass is 16.5. The summed E-state index contributed by atoms with van der Waals surface area (Å²) in [6.45, 7) is 2.04. The van der Waals surface area contributed by atoms with Crippen LogP contribution in [-0.4, -0.2) is 12.2 Å². The van der Waals surface area contributed by atoms with E-state index in [1.54, 1.807) is 7.11 Å². The third-order valence-electron chi connectivity index (χ3n) is 3.87. The fraction of sp³-hybridized carbons (Fsp3) is 0.600. The molecular weight excluding hydrogens is 212 g/mol. The third kappa shape index (κ3) is 3.01. The number of aliphatic hydroxyl groups excluding tert-OH is 1. The molecule has 1 saturated carbocycles. The van der Waals surface area contributed by atoms with Gasteiger partial charge in [-0.15, -0.1) is 0 Å². The second-order valence-electron chi connectivity index (χ2n) is 5.12. The summed E-state index contributed by atoms with van der Waals surface area (Å²) >= 11 is 0. The Bertz CT molecular complexity index is 367. The average molecular weight is 234 g/mol. The highest BCUT2D eigenvalue weighted by molar-refractivity contribution is 5.36. The minimum absolute atomic E-state index is 0.316. The van der Waals surface area contributed by atoms with Crippen LogP contribution in [0.2, 0.25) is 0 Å². The normalized spacial score (nSPS) is 18.3. The summed E-state index contributed by atoms with van der Waals surface area (Å²) in [4.78, 5) is 0. The fourth-order valence-electron chi connectivity index (χ4n) is 2.84. The second kappa shape index (κ2) is 5.54. The van der Waals surface area contributed by atoms with E-state index in [1.807, 2.05) is 25.1 Å². The van der Waals surface area contributed by atoms with Crippen molar-refractivity contribution in [2.45, 2.75) is 45.1 Å². The molecule has 0 aromatic heterocycles. The topological polar surface area (TPSA) is 29.5 Å². The molecule has 2 rings (SSSR count). The summed E-state index contributed by atoms with van der Waals surface area (Å²) < 4.78 is 5.18. The van der Waals surface area contributed by atoms with E-state index in [0.717, 1.165) is 23.3 Å². The molecule has 1 aliphatic carbocycles. The average Bonchev–Trinajstić information content (AvgIpc) is 2.81. The van der Waals surface area contributed by atoms with Crippen LogP contribution in [-0.2, 0) is 0 Å². The summed E-state index contributed by atoms with van der Waals surface area (Å²) in [5, 5.41) is 10.3. The van der Waals surface area contributed by atoms with Crippen LogP contribution in [0.3, 0.4) is 0 Å². The van der Waals surface area contributed by atoms with Gasteiger partial charge >= 0.3 is 0 Å². The summed E-state index contributed by atoms with van der Waals surface area (Å²) in [7, 11) is 1.67. The van der Waals surface area contributed by atoms with E-state index < -0.39 is 0 Å². The highest BCUT2D eigenvalue weighted by Crippen LogP contribution is 2.34. The van der Waals surface area contributed by atoms with Crippen molar-refractivity contribution in [1.29, 1.82) is 0 Å². The van der Waals surface area contributed by atoms with Crippen molar-refractivity contribution in [2.75, 3.05) is 7.11 Å². The Morgan fingerprint density at radius 2 is 2.06 bits per heavy atom. The van der Waals surface area contributed by atoms with Gasteiger partial charge in [-0.2, -0.15) is 0 Å². The van der Waals surface area contributed by atoms with E-state index in [1.165, 1.54) is 25.7 Å². The number of methoxy groups -OCH3 is 1. The number of hydrogen-bond acceptors (Lipinski definition) is 2. The Morgan fingerprint density at radius 3 is 2.65 bits per heavy atom. The van der Waals surface area contributed by atoms with E-state index >= 15 is 0 Å². The Labute approximate surface area is 104 Å². The minimum Gasteiger partial charge on any atom is -0.497 e. The molecule has 0 amide bonds. The molecule has 2 nitrogen and oxygen atoms in total. The first-order valence-electron chi connectivity index (χ1n) is 6.53. The van der Waals surface area contributed by atoms with Crippen molar-refractivity contribution in [3.05, 3.63) is 29.3 Å². The van der Waals surface area contributed by atoms with Gasteiger partial charge in [-0.3, -0.25) is 0 Å². The summed E-state index contributed by atoms with van der Waals surface area (Å²) in [6, 6.07) is 5.92. The molecule has 0 saturated heterocycles. The maximum absolute atomic E-state index is 10.3. The monoisotopic (exact) mass is 234 g/mol. The number of aliphatic hydroxyl groups is 1. The molecule has 0 aliphatic heterocycles. The predicted octanol–water partition coefficient (Wildman–Crippen LogP) is 3.62. The van der Waals surface area contributed by atoms with Gasteiger partial charge in [0.1, 0.15) is 5.75 Å². The lowest BCUT2D eigenvalue weighted by atomic mass is 9.93. The number of benzene rings is 1. The van der Waals surface area contributed by atoms with Gasteiger partial charge in [-0.1, -0.05) is 31.7 Å². The molecule has 1 unspecified atom stereocenters. The maximum atomic E-state index is 10.3. The summed E-state index contributed by atoms with van der Waals surface area (Å²) in [5.74, 6) is 1.57. The van der Waals surface area contributed by atoms with Crippen molar-refractivity contribution >= 4 is 0 Å².